The Kier molecular flexibility index (Phi) is 7.93. The maximum atomic E-state index is 13.4. The van der Waals surface area contributed by atoms with E-state index in [-0.39, 0.29) is 38.4 Å². The molecule has 0 aliphatic carbocycles. The van der Waals surface area contributed by atoms with Gasteiger partial charge in [-0.2, -0.15) is 0 Å². The van der Waals surface area contributed by atoms with Gasteiger partial charge in [0.1, 0.15) is 0 Å². The van der Waals surface area contributed by atoms with Crippen molar-refractivity contribution in [2.24, 2.45) is 0 Å². The van der Waals surface area contributed by atoms with Crippen molar-refractivity contribution in [1.82, 2.24) is 0 Å². The van der Waals surface area contributed by atoms with E-state index >= 15 is 0 Å². The first-order valence-electron chi connectivity index (χ1n) is 12.7. The third kappa shape index (κ3) is 6.37. The van der Waals surface area contributed by atoms with Gasteiger partial charge in [-0.25, -0.2) is 21.7 Å². The number of benzene rings is 3. The summed E-state index contributed by atoms with van der Waals surface area (Å²) in [6.07, 6.45) is 2.51. The Balaban J connectivity index is 1.62. The van der Waals surface area contributed by atoms with Gasteiger partial charge in [0.25, 0.3) is 20.0 Å². The molecule has 0 aliphatic heterocycles. The minimum absolute atomic E-state index is 0.0582. The van der Waals surface area contributed by atoms with Crippen molar-refractivity contribution in [1.29, 1.82) is 0 Å². The fourth-order valence-electron chi connectivity index (χ4n) is 4.03. The second-order valence-corrected chi connectivity index (χ2v) is 12.8. The summed E-state index contributed by atoms with van der Waals surface area (Å²) < 4.78 is 68.5. The fourth-order valence-corrected chi connectivity index (χ4v) is 6.18. The molecule has 2 heterocycles. The number of imide groups is 1. The lowest BCUT2D eigenvalue weighted by Gasteiger charge is -2.22. The van der Waals surface area contributed by atoms with Crippen molar-refractivity contribution >= 4 is 48.9 Å². The van der Waals surface area contributed by atoms with Gasteiger partial charge in [0, 0.05) is 0 Å². The third-order valence-electron chi connectivity index (χ3n) is 6.28. The molecule has 0 unspecified atom stereocenters. The maximum absolute atomic E-state index is 13.4. The molecule has 0 saturated heterocycles. The number of furan rings is 2. The molecule has 0 radical (unpaired) electrons. The van der Waals surface area contributed by atoms with Crippen molar-refractivity contribution in [2.45, 2.75) is 23.6 Å². The first-order valence-corrected chi connectivity index (χ1v) is 15.7. The Morgan fingerprint density at radius 3 is 1.47 bits per heavy atom. The Bertz CT molecular complexity index is 1940. The molecular formula is C30H25N3O8S2. The van der Waals surface area contributed by atoms with Crippen molar-refractivity contribution in [3.8, 4) is 0 Å². The summed E-state index contributed by atoms with van der Waals surface area (Å²) in [4.78, 5) is 27.5. The van der Waals surface area contributed by atoms with Crippen molar-refractivity contribution in [3.05, 3.63) is 126 Å². The topological polar surface area (TPSA) is 156 Å². The van der Waals surface area contributed by atoms with Gasteiger partial charge in [-0.3, -0.25) is 19.0 Å². The van der Waals surface area contributed by atoms with Crippen LogP contribution in [0.25, 0.3) is 0 Å². The van der Waals surface area contributed by atoms with E-state index in [4.69, 9.17) is 8.83 Å². The minimum Gasteiger partial charge on any atom is -0.459 e. The molecule has 3 aromatic carbocycles. The molecule has 2 amide bonds. The van der Waals surface area contributed by atoms with Crippen LogP contribution in [0.5, 0.6) is 0 Å². The number of hydrogen-bond acceptors (Lipinski definition) is 8. The predicted molar refractivity (Wildman–Crippen MR) is 159 cm³/mol. The first-order chi connectivity index (χ1) is 20.4. The van der Waals surface area contributed by atoms with E-state index in [0.29, 0.717) is 0 Å². The maximum Gasteiger partial charge on any atom is 0.301 e. The SMILES string of the molecule is Cc1ccc(S(=O)(=O)Nc2ccc(N(C(=O)c3ccco3)C(=O)c3ccco3)cc2NS(=O)(=O)c2ccc(C)cc2)cc1. The van der Waals surface area contributed by atoms with E-state index in [1.165, 1.54) is 79.3 Å². The summed E-state index contributed by atoms with van der Waals surface area (Å²) in [5.74, 6) is -2.09. The molecule has 2 N–H and O–H groups in total. The number of carbonyl (C=O) groups is 2. The number of amides is 2. The van der Waals surface area contributed by atoms with Crippen LogP contribution in [0.3, 0.4) is 0 Å². The lowest BCUT2D eigenvalue weighted by Crippen LogP contribution is -2.36. The smallest absolute Gasteiger partial charge is 0.301 e. The molecule has 0 fully saturated rings. The molecule has 43 heavy (non-hydrogen) atoms. The van der Waals surface area contributed by atoms with Gasteiger partial charge in [0.15, 0.2) is 11.5 Å². The number of hydrogen-bond donors (Lipinski definition) is 2. The zero-order valence-electron chi connectivity index (χ0n) is 22.8. The number of nitrogens with one attached hydrogen (secondary N) is 2. The van der Waals surface area contributed by atoms with Gasteiger partial charge < -0.3 is 8.83 Å². The van der Waals surface area contributed by atoms with Crippen molar-refractivity contribution in [3.63, 3.8) is 0 Å². The van der Waals surface area contributed by atoms with E-state index in [0.717, 1.165) is 16.0 Å². The third-order valence-corrected chi connectivity index (χ3v) is 9.05. The van der Waals surface area contributed by atoms with Crippen LogP contribution in [0.1, 0.15) is 32.2 Å². The molecule has 2 aromatic heterocycles. The van der Waals surface area contributed by atoms with Gasteiger partial charge in [0.05, 0.1) is 39.4 Å². The molecule has 11 nitrogen and oxygen atoms in total. The highest BCUT2D eigenvalue weighted by Crippen LogP contribution is 2.33. The highest BCUT2D eigenvalue weighted by Gasteiger charge is 2.31. The van der Waals surface area contributed by atoms with Crippen molar-refractivity contribution in [2.75, 3.05) is 14.3 Å². The van der Waals surface area contributed by atoms with Crippen LogP contribution in [0.2, 0.25) is 0 Å². The number of sulfonamides is 2. The molecule has 0 aliphatic rings. The average Bonchev–Trinajstić information content (AvgIpc) is 3.70. The first kappa shape index (κ1) is 29.4. The van der Waals surface area contributed by atoms with Crippen molar-refractivity contribution < 1.29 is 35.3 Å². The fraction of sp³-hybridized carbons (Fsp3) is 0.0667. The van der Waals surface area contributed by atoms with Crippen LogP contribution in [0.4, 0.5) is 17.1 Å². The lowest BCUT2D eigenvalue weighted by molar-refractivity contribution is 0.0867. The molecule has 13 heteroatoms. The zero-order chi connectivity index (χ0) is 30.8. The van der Waals surface area contributed by atoms with Gasteiger partial charge in [-0.1, -0.05) is 35.4 Å². The number of anilines is 3. The monoisotopic (exact) mass is 619 g/mol. The van der Waals surface area contributed by atoms with E-state index in [1.54, 1.807) is 38.1 Å². The predicted octanol–water partition coefficient (Wildman–Crippen LogP) is 5.58. The van der Waals surface area contributed by atoms with E-state index in [9.17, 15) is 26.4 Å². The van der Waals surface area contributed by atoms with Crippen LogP contribution in [-0.2, 0) is 20.0 Å². The quantitative estimate of drug-likeness (QED) is 0.203. The lowest BCUT2D eigenvalue weighted by atomic mass is 10.2. The second-order valence-electron chi connectivity index (χ2n) is 9.47. The molecule has 0 spiro atoms. The number of nitrogens with zero attached hydrogens (tertiary/aromatic N) is 1. The van der Waals surface area contributed by atoms with E-state index in [1.807, 2.05) is 0 Å². The molecule has 220 valence electrons. The van der Waals surface area contributed by atoms with Gasteiger partial charge in [-0.05, 0) is 80.6 Å². The van der Waals surface area contributed by atoms with Gasteiger partial charge in [0.2, 0.25) is 0 Å². The summed E-state index contributed by atoms with van der Waals surface area (Å²) in [5, 5.41) is 0. The van der Waals surface area contributed by atoms with Crippen LogP contribution in [0.15, 0.2) is 122 Å². The molecule has 0 saturated carbocycles. The number of rotatable bonds is 9. The average molecular weight is 620 g/mol. The molecule has 5 aromatic rings. The standard InChI is InChI=1S/C30H25N3O8S2/c1-20-7-12-23(13-8-20)42(36,37)31-25-16-11-22(19-26(25)32-43(38,39)24-14-9-21(2)10-15-24)33(29(34)27-5-3-17-40-27)30(35)28-6-4-18-41-28/h3-19,31-32H,1-2H3. The number of carbonyl (C=O) groups excluding carboxylic acids is 2. The van der Waals surface area contributed by atoms with Gasteiger partial charge in [-0.15, -0.1) is 0 Å². The Morgan fingerprint density at radius 2 is 1.05 bits per heavy atom. The highest BCUT2D eigenvalue weighted by molar-refractivity contribution is 7.93. The minimum atomic E-state index is -4.26. The van der Waals surface area contributed by atoms with Gasteiger partial charge >= 0.3 is 11.8 Å². The second kappa shape index (κ2) is 11.6. The Morgan fingerprint density at radius 1 is 0.605 bits per heavy atom. The number of aryl methyl sites for hydroxylation is 2. The zero-order valence-corrected chi connectivity index (χ0v) is 24.5. The highest BCUT2D eigenvalue weighted by atomic mass is 32.2. The summed E-state index contributed by atoms with van der Waals surface area (Å²) in [5.41, 5.74) is 1.17. The largest absolute Gasteiger partial charge is 0.459 e. The van der Waals surface area contributed by atoms with Crippen LogP contribution in [0, 0.1) is 13.8 Å². The summed E-state index contributed by atoms with van der Waals surface area (Å²) in [6, 6.07) is 21.4. The molecular weight excluding hydrogens is 594 g/mol. The Labute approximate surface area is 247 Å². The van der Waals surface area contributed by atoms with Crippen LogP contribution in [-0.4, -0.2) is 28.6 Å². The molecule has 5 rings (SSSR count). The van der Waals surface area contributed by atoms with E-state index in [2.05, 4.69) is 9.44 Å². The van der Waals surface area contributed by atoms with Crippen LogP contribution < -0.4 is 14.3 Å². The van der Waals surface area contributed by atoms with E-state index < -0.39 is 31.9 Å². The summed E-state index contributed by atoms with van der Waals surface area (Å²) in [7, 11) is -8.44. The molecule has 0 bridgehead atoms. The normalized spacial score (nSPS) is 11.6. The summed E-state index contributed by atoms with van der Waals surface area (Å²) >= 11 is 0. The molecule has 0 atom stereocenters. The Hall–Kier alpha value is -5.14. The summed E-state index contributed by atoms with van der Waals surface area (Å²) in [6.45, 7) is 3.60. The van der Waals surface area contributed by atoms with Crippen LogP contribution >= 0.6 is 0 Å².